The first-order chi connectivity index (χ1) is 9.15. The van der Waals surface area contributed by atoms with Crippen LogP contribution in [0.4, 0.5) is 5.69 Å². The van der Waals surface area contributed by atoms with Crippen LogP contribution in [0.3, 0.4) is 0 Å². The van der Waals surface area contributed by atoms with E-state index in [1.807, 2.05) is 12.2 Å². The molecular weight excluding hydrogens is 264 g/mol. The fraction of sp³-hybridized carbons (Fsp3) is 0.0769. The molecule has 0 radical (unpaired) electrons. The minimum absolute atomic E-state index is 0.0231. The number of carbonyl (C=O) groups is 1. The molecule has 1 aromatic carbocycles. The van der Waals surface area contributed by atoms with Crippen LogP contribution in [0.15, 0.2) is 51.9 Å². The summed E-state index contributed by atoms with van der Waals surface area (Å²) in [7, 11) is 0. The Morgan fingerprint density at radius 1 is 1.26 bits per heavy atom. The summed E-state index contributed by atoms with van der Waals surface area (Å²) in [6, 6.07) is 6.03. The summed E-state index contributed by atoms with van der Waals surface area (Å²) in [6.45, 7) is 0. The van der Waals surface area contributed by atoms with Crippen molar-refractivity contribution in [3.63, 3.8) is 0 Å². The first-order valence-corrected chi connectivity index (χ1v) is 6.56. The van der Waals surface area contributed by atoms with Crippen molar-refractivity contribution >= 4 is 29.1 Å². The van der Waals surface area contributed by atoms with Crippen molar-refractivity contribution in [1.29, 1.82) is 0 Å². The third-order valence-corrected chi connectivity index (χ3v) is 3.87. The molecule has 94 valence electrons. The van der Waals surface area contributed by atoms with Crippen molar-refractivity contribution < 1.29 is 9.72 Å². The molecule has 1 amide bonds. The van der Waals surface area contributed by atoms with Gasteiger partial charge in [-0.05, 0) is 18.2 Å². The molecule has 0 unspecified atom stereocenters. The number of hydrogen-bond acceptors (Lipinski definition) is 4. The molecule has 19 heavy (non-hydrogen) atoms. The average Bonchev–Trinajstić information content (AvgIpc) is 2.87. The predicted octanol–water partition coefficient (Wildman–Crippen LogP) is 2.48. The summed E-state index contributed by atoms with van der Waals surface area (Å²) in [5.41, 5.74) is 1.95. The SMILES string of the molecule is O=C1N=C(c2ccc([N+](=O)[O-])cc2)C=C2SCC=C12. The van der Waals surface area contributed by atoms with Gasteiger partial charge in [0.1, 0.15) is 0 Å². The lowest BCUT2D eigenvalue weighted by atomic mass is 10.0. The monoisotopic (exact) mass is 272 g/mol. The fourth-order valence-electron chi connectivity index (χ4n) is 1.93. The molecule has 2 aliphatic heterocycles. The number of nitrogens with zero attached hydrogens (tertiary/aromatic N) is 2. The van der Waals surface area contributed by atoms with Gasteiger partial charge in [0, 0.05) is 28.4 Å². The molecule has 0 aromatic heterocycles. The standard InChI is InChI=1S/C13H8N2O3S/c16-13-10-5-6-19-12(10)7-11(14-13)8-1-3-9(4-2-8)15(17)18/h1-5,7H,6H2. The normalized spacial score (nSPS) is 17.5. The Bertz CT molecular complexity index is 672. The Labute approximate surface area is 112 Å². The quantitative estimate of drug-likeness (QED) is 0.612. The van der Waals surface area contributed by atoms with E-state index in [0.29, 0.717) is 16.8 Å². The Balaban J connectivity index is 1.97. The van der Waals surface area contributed by atoms with E-state index in [-0.39, 0.29) is 11.6 Å². The van der Waals surface area contributed by atoms with Gasteiger partial charge in [-0.15, -0.1) is 11.8 Å². The largest absolute Gasteiger partial charge is 0.278 e. The molecule has 2 aliphatic rings. The topological polar surface area (TPSA) is 72.6 Å². The number of thioether (sulfide) groups is 1. The molecule has 0 atom stereocenters. The number of amides is 1. The van der Waals surface area contributed by atoms with Gasteiger partial charge >= 0.3 is 0 Å². The molecule has 0 saturated heterocycles. The number of carbonyl (C=O) groups excluding carboxylic acids is 1. The maximum atomic E-state index is 11.8. The summed E-state index contributed by atoms with van der Waals surface area (Å²) in [5.74, 6) is 0.548. The number of nitro groups is 1. The molecule has 0 N–H and O–H groups in total. The van der Waals surface area contributed by atoms with Crippen molar-refractivity contribution in [2.75, 3.05) is 5.75 Å². The van der Waals surface area contributed by atoms with E-state index < -0.39 is 4.92 Å². The van der Waals surface area contributed by atoms with E-state index in [9.17, 15) is 14.9 Å². The lowest BCUT2D eigenvalue weighted by Gasteiger charge is -2.10. The van der Waals surface area contributed by atoms with Crippen molar-refractivity contribution in [2.45, 2.75) is 0 Å². The summed E-state index contributed by atoms with van der Waals surface area (Å²) in [6.07, 6.45) is 3.72. The summed E-state index contributed by atoms with van der Waals surface area (Å²) >= 11 is 1.60. The molecule has 2 heterocycles. The molecule has 3 rings (SSSR count). The lowest BCUT2D eigenvalue weighted by molar-refractivity contribution is -0.384. The Morgan fingerprint density at radius 2 is 2.00 bits per heavy atom. The summed E-state index contributed by atoms with van der Waals surface area (Å²) in [5, 5.41) is 10.6. The number of allylic oxidation sites excluding steroid dienone is 1. The summed E-state index contributed by atoms with van der Waals surface area (Å²) < 4.78 is 0. The van der Waals surface area contributed by atoms with Crippen LogP contribution in [-0.4, -0.2) is 22.3 Å². The van der Waals surface area contributed by atoms with Crippen LogP contribution in [0.2, 0.25) is 0 Å². The van der Waals surface area contributed by atoms with Crippen LogP contribution in [0.5, 0.6) is 0 Å². The second kappa shape index (κ2) is 4.47. The number of nitro benzene ring substituents is 1. The predicted molar refractivity (Wildman–Crippen MR) is 73.3 cm³/mol. The Kier molecular flexibility index (Phi) is 2.79. The average molecular weight is 272 g/mol. The lowest BCUT2D eigenvalue weighted by Crippen LogP contribution is -2.11. The minimum Gasteiger partial charge on any atom is -0.267 e. The molecular formula is C13H8N2O3S. The number of rotatable bonds is 2. The smallest absolute Gasteiger partial charge is 0.267 e. The van der Waals surface area contributed by atoms with Gasteiger partial charge in [0.2, 0.25) is 0 Å². The van der Waals surface area contributed by atoms with E-state index in [1.54, 1.807) is 23.9 Å². The number of hydrogen-bond donors (Lipinski definition) is 0. The number of fused-ring (bicyclic) bond motifs is 1. The molecule has 0 fully saturated rings. The number of non-ortho nitro benzene ring substituents is 1. The van der Waals surface area contributed by atoms with Gasteiger partial charge in [0.15, 0.2) is 0 Å². The van der Waals surface area contributed by atoms with E-state index in [1.165, 1.54) is 12.1 Å². The second-order valence-corrected chi connectivity index (χ2v) is 5.11. The van der Waals surface area contributed by atoms with E-state index in [0.717, 1.165) is 10.7 Å². The first kappa shape index (κ1) is 11.9. The molecule has 6 heteroatoms. The second-order valence-electron chi connectivity index (χ2n) is 4.04. The highest BCUT2D eigenvalue weighted by Crippen LogP contribution is 2.34. The summed E-state index contributed by atoms with van der Waals surface area (Å²) in [4.78, 5) is 26.9. The van der Waals surface area contributed by atoms with Gasteiger partial charge < -0.3 is 0 Å². The number of aliphatic imine (C=N–C) groups is 1. The molecule has 0 bridgehead atoms. The molecule has 1 aromatic rings. The van der Waals surface area contributed by atoms with E-state index in [2.05, 4.69) is 4.99 Å². The van der Waals surface area contributed by atoms with Crippen LogP contribution in [0, 0.1) is 10.1 Å². The van der Waals surface area contributed by atoms with Crippen molar-refractivity contribution in [3.05, 3.63) is 62.6 Å². The van der Waals surface area contributed by atoms with E-state index in [4.69, 9.17) is 0 Å². The van der Waals surface area contributed by atoms with Crippen LogP contribution in [0.25, 0.3) is 0 Å². The van der Waals surface area contributed by atoms with Gasteiger partial charge in [-0.25, -0.2) is 4.99 Å². The molecule has 0 spiro atoms. The van der Waals surface area contributed by atoms with Gasteiger partial charge in [-0.2, -0.15) is 0 Å². The zero-order valence-electron chi connectivity index (χ0n) is 9.70. The van der Waals surface area contributed by atoms with Gasteiger partial charge in [-0.1, -0.05) is 6.08 Å². The highest BCUT2D eigenvalue weighted by molar-refractivity contribution is 8.03. The Hall–Kier alpha value is -2.21. The maximum Gasteiger partial charge on any atom is 0.278 e. The highest BCUT2D eigenvalue weighted by Gasteiger charge is 2.24. The van der Waals surface area contributed by atoms with Crippen molar-refractivity contribution in [1.82, 2.24) is 0 Å². The zero-order chi connectivity index (χ0) is 13.4. The first-order valence-electron chi connectivity index (χ1n) is 5.58. The van der Waals surface area contributed by atoms with Gasteiger partial charge in [-0.3, -0.25) is 14.9 Å². The van der Waals surface area contributed by atoms with E-state index >= 15 is 0 Å². The van der Waals surface area contributed by atoms with Crippen molar-refractivity contribution in [3.8, 4) is 0 Å². The van der Waals surface area contributed by atoms with Crippen LogP contribution < -0.4 is 0 Å². The van der Waals surface area contributed by atoms with Crippen LogP contribution in [0.1, 0.15) is 5.56 Å². The third kappa shape index (κ3) is 2.10. The van der Waals surface area contributed by atoms with Crippen LogP contribution >= 0.6 is 11.8 Å². The number of benzene rings is 1. The van der Waals surface area contributed by atoms with Gasteiger partial charge in [0.05, 0.1) is 16.2 Å². The van der Waals surface area contributed by atoms with Gasteiger partial charge in [0.25, 0.3) is 11.6 Å². The molecule has 0 saturated carbocycles. The Morgan fingerprint density at radius 3 is 2.68 bits per heavy atom. The molecule has 0 aliphatic carbocycles. The fourth-order valence-corrected chi connectivity index (χ4v) is 2.88. The van der Waals surface area contributed by atoms with Crippen molar-refractivity contribution in [2.24, 2.45) is 4.99 Å². The zero-order valence-corrected chi connectivity index (χ0v) is 10.5. The molecule has 5 nitrogen and oxygen atoms in total. The maximum absolute atomic E-state index is 11.8. The highest BCUT2D eigenvalue weighted by atomic mass is 32.2. The van der Waals surface area contributed by atoms with Crippen LogP contribution in [-0.2, 0) is 4.79 Å². The number of dihydropyridines is 1. The minimum atomic E-state index is -0.455. The third-order valence-electron chi connectivity index (χ3n) is 2.89.